The summed E-state index contributed by atoms with van der Waals surface area (Å²) in [5.41, 5.74) is 2.68. The molecule has 0 radical (unpaired) electrons. The van der Waals surface area contributed by atoms with Gasteiger partial charge in [-0.25, -0.2) is 4.39 Å². The van der Waals surface area contributed by atoms with E-state index in [2.05, 4.69) is 13.0 Å². The zero-order valence-corrected chi connectivity index (χ0v) is 18.3. The molecule has 158 valence electrons. The highest BCUT2D eigenvalue weighted by molar-refractivity contribution is 5.33. The van der Waals surface area contributed by atoms with Crippen LogP contribution in [0.25, 0.3) is 0 Å². The van der Waals surface area contributed by atoms with Gasteiger partial charge in [0, 0.05) is 0 Å². The standard InChI is InChI=1S/C27H38FN/c1-2-3-4-21-5-7-22(8-6-21)9-10-23-11-13-24(14-12-23)15-16-25-17-18-26(20-29)27(28)19-25/h13,17-19,21-23H,2-12,14-16H2,1H3. The fourth-order valence-electron chi connectivity index (χ4n) is 5.31. The number of nitriles is 1. The molecule has 1 nitrogen and oxygen atoms in total. The topological polar surface area (TPSA) is 23.8 Å². The molecule has 0 saturated heterocycles. The molecule has 1 atom stereocenters. The van der Waals surface area contributed by atoms with Gasteiger partial charge in [0.05, 0.1) is 5.56 Å². The number of unbranched alkanes of at least 4 members (excludes halogenated alkanes) is 1. The number of hydrogen-bond donors (Lipinski definition) is 0. The number of nitrogens with zero attached hydrogens (tertiary/aromatic N) is 1. The molecule has 1 aromatic carbocycles. The molecule has 2 heteroatoms. The van der Waals surface area contributed by atoms with Crippen molar-refractivity contribution in [1.82, 2.24) is 0 Å². The Hall–Kier alpha value is -1.62. The summed E-state index contributed by atoms with van der Waals surface area (Å²) < 4.78 is 13.7. The van der Waals surface area contributed by atoms with Crippen LogP contribution >= 0.6 is 0 Å². The lowest BCUT2D eigenvalue weighted by Crippen LogP contribution is -2.16. The minimum atomic E-state index is -0.387. The maximum absolute atomic E-state index is 13.7. The first-order valence-electron chi connectivity index (χ1n) is 12.0. The molecule has 1 aromatic rings. The fourth-order valence-corrected chi connectivity index (χ4v) is 5.31. The molecule has 0 bridgehead atoms. The Morgan fingerprint density at radius 3 is 2.31 bits per heavy atom. The summed E-state index contributed by atoms with van der Waals surface area (Å²) in [7, 11) is 0. The van der Waals surface area contributed by atoms with Crippen LogP contribution in [0.3, 0.4) is 0 Å². The molecule has 2 aliphatic rings. The molecule has 29 heavy (non-hydrogen) atoms. The molecule has 1 unspecified atom stereocenters. The van der Waals surface area contributed by atoms with Crippen molar-refractivity contribution in [3.63, 3.8) is 0 Å². The van der Waals surface area contributed by atoms with Crippen LogP contribution in [0.4, 0.5) is 4.39 Å². The third-order valence-electron chi connectivity index (χ3n) is 7.42. The van der Waals surface area contributed by atoms with Crippen molar-refractivity contribution in [3.05, 3.63) is 46.8 Å². The Morgan fingerprint density at radius 2 is 1.69 bits per heavy atom. The molecule has 0 heterocycles. The fraction of sp³-hybridized carbons (Fsp3) is 0.667. The van der Waals surface area contributed by atoms with Gasteiger partial charge in [-0.3, -0.25) is 0 Å². The SMILES string of the molecule is CCCCC1CCC(CCC2CC=C(CCc3ccc(C#N)c(F)c3)CC2)CC1. The van der Waals surface area contributed by atoms with Gasteiger partial charge < -0.3 is 0 Å². The average molecular weight is 396 g/mol. The zero-order valence-electron chi connectivity index (χ0n) is 18.3. The first-order chi connectivity index (χ1) is 14.2. The maximum atomic E-state index is 13.7. The third-order valence-corrected chi connectivity index (χ3v) is 7.42. The molecule has 3 rings (SSSR count). The van der Waals surface area contributed by atoms with Gasteiger partial charge in [0.2, 0.25) is 0 Å². The van der Waals surface area contributed by atoms with E-state index in [1.54, 1.807) is 11.6 Å². The lowest BCUT2D eigenvalue weighted by Gasteiger charge is -2.30. The largest absolute Gasteiger partial charge is 0.206 e. The van der Waals surface area contributed by atoms with E-state index in [0.717, 1.165) is 36.2 Å². The number of hydrogen-bond acceptors (Lipinski definition) is 1. The summed E-state index contributed by atoms with van der Waals surface area (Å²) in [5, 5.41) is 8.84. The van der Waals surface area contributed by atoms with Gasteiger partial charge in [-0.15, -0.1) is 0 Å². The number of halogens is 1. The van der Waals surface area contributed by atoms with Crippen molar-refractivity contribution >= 4 is 0 Å². The summed E-state index contributed by atoms with van der Waals surface area (Å²) in [5.74, 6) is 2.51. The first kappa shape index (κ1) is 22.1. The highest BCUT2D eigenvalue weighted by atomic mass is 19.1. The van der Waals surface area contributed by atoms with Gasteiger partial charge >= 0.3 is 0 Å². The number of aryl methyl sites for hydroxylation is 1. The van der Waals surface area contributed by atoms with Crippen LogP contribution in [0.2, 0.25) is 0 Å². The van der Waals surface area contributed by atoms with E-state index in [0.29, 0.717) is 0 Å². The summed E-state index contributed by atoms with van der Waals surface area (Å²) >= 11 is 0. The minimum absolute atomic E-state index is 0.142. The van der Waals surface area contributed by atoms with Crippen LogP contribution in [-0.4, -0.2) is 0 Å². The smallest absolute Gasteiger partial charge is 0.141 e. The van der Waals surface area contributed by atoms with Crippen molar-refractivity contribution in [2.24, 2.45) is 17.8 Å². The van der Waals surface area contributed by atoms with Crippen molar-refractivity contribution < 1.29 is 4.39 Å². The van der Waals surface area contributed by atoms with E-state index in [9.17, 15) is 4.39 Å². The quantitative estimate of drug-likeness (QED) is 0.387. The number of rotatable bonds is 9. The second-order valence-corrected chi connectivity index (χ2v) is 9.54. The van der Waals surface area contributed by atoms with E-state index in [4.69, 9.17) is 5.26 Å². The predicted molar refractivity (Wildman–Crippen MR) is 119 cm³/mol. The van der Waals surface area contributed by atoms with E-state index >= 15 is 0 Å². The molecule has 1 saturated carbocycles. The maximum Gasteiger partial charge on any atom is 0.141 e. The van der Waals surface area contributed by atoms with Crippen LogP contribution in [-0.2, 0) is 6.42 Å². The van der Waals surface area contributed by atoms with Crippen LogP contribution in [0.15, 0.2) is 29.8 Å². The molecule has 0 amide bonds. The Morgan fingerprint density at radius 1 is 0.966 bits per heavy atom. The molecular weight excluding hydrogens is 357 g/mol. The first-order valence-corrected chi connectivity index (χ1v) is 12.0. The van der Waals surface area contributed by atoms with Crippen LogP contribution in [0, 0.1) is 34.9 Å². The van der Waals surface area contributed by atoms with Crippen molar-refractivity contribution in [2.45, 2.75) is 96.8 Å². The highest BCUT2D eigenvalue weighted by Gasteiger charge is 2.22. The van der Waals surface area contributed by atoms with E-state index < -0.39 is 0 Å². The molecule has 0 aliphatic heterocycles. The van der Waals surface area contributed by atoms with Gasteiger partial charge in [0.15, 0.2) is 0 Å². The molecular formula is C27H38FN. The summed E-state index contributed by atoms with van der Waals surface area (Å²) in [6.07, 6.45) is 21.2. The van der Waals surface area contributed by atoms with Crippen LogP contribution < -0.4 is 0 Å². The summed E-state index contributed by atoms with van der Waals surface area (Å²) in [6, 6.07) is 6.92. The van der Waals surface area contributed by atoms with Crippen LogP contribution in [0.1, 0.15) is 102 Å². The summed E-state index contributed by atoms with van der Waals surface area (Å²) in [6.45, 7) is 2.31. The second kappa shape index (κ2) is 11.5. The van der Waals surface area contributed by atoms with Gasteiger partial charge in [-0.05, 0) is 74.0 Å². The summed E-state index contributed by atoms with van der Waals surface area (Å²) in [4.78, 5) is 0. The highest BCUT2D eigenvalue weighted by Crippen LogP contribution is 2.37. The van der Waals surface area contributed by atoms with Crippen LogP contribution in [0.5, 0.6) is 0 Å². The molecule has 0 N–H and O–H groups in total. The Bertz CT molecular complexity index is 706. The molecule has 2 aliphatic carbocycles. The Kier molecular flexibility index (Phi) is 8.78. The Balaban J connectivity index is 1.33. The van der Waals surface area contributed by atoms with Gasteiger partial charge in [0.1, 0.15) is 11.9 Å². The number of allylic oxidation sites excluding steroid dienone is 2. The van der Waals surface area contributed by atoms with Crippen molar-refractivity contribution in [3.8, 4) is 6.07 Å². The lowest BCUT2D eigenvalue weighted by atomic mass is 9.76. The van der Waals surface area contributed by atoms with E-state index in [1.165, 1.54) is 83.1 Å². The third kappa shape index (κ3) is 6.98. The second-order valence-electron chi connectivity index (χ2n) is 9.54. The normalized spacial score (nSPS) is 24.7. The predicted octanol–water partition coefficient (Wildman–Crippen LogP) is 8.13. The van der Waals surface area contributed by atoms with E-state index in [-0.39, 0.29) is 11.4 Å². The minimum Gasteiger partial charge on any atom is -0.206 e. The average Bonchev–Trinajstić information content (AvgIpc) is 2.76. The van der Waals surface area contributed by atoms with E-state index in [1.807, 2.05) is 12.1 Å². The molecule has 0 aromatic heterocycles. The monoisotopic (exact) mass is 395 g/mol. The molecule has 1 fully saturated rings. The van der Waals surface area contributed by atoms with Crippen molar-refractivity contribution in [1.29, 1.82) is 5.26 Å². The van der Waals surface area contributed by atoms with Gasteiger partial charge in [-0.1, -0.05) is 76.0 Å². The van der Waals surface area contributed by atoms with Gasteiger partial charge in [0.25, 0.3) is 0 Å². The zero-order chi connectivity index (χ0) is 20.5. The Labute approximate surface area is 177 Å². The lowest BCUT2D eigenvalue weighted by molar-refractivity contribution is 0.235. The molecule has 0 spiro atoms. The van der Waals surface area contributed by atoms with Gasteiger partial charge in [-0.2, -0.15) is 5.26 Å². The number of benzene rings is 1. The van der Waals surface area contributed by atoms with Crippen molar-refractivity contribution in [2.75, 3.05) is 0 Å².